The summed E-state index contributed by atoms with van der Waals surface area (Å²) >= 11 is 19.4. The normalized spacial score (nSPS) is 11.6. The largest absolute Gasteiger partial charge is 0.480 e. The molecule has 4 aromatic rings. The number of thiophene rings is 1. The van der Waals surface area contributed by atoms with Crippen LogP contribution >= 0.6 is 46.1 Å². The van der Waals surface area contributed by atoms with Crippen molar-refractivity contribution in [2.45, 2.75) is 19.4 Å². The maximum Gasteiger partial charge on any atom is 0.326 e. The Hall–Kier alpha value is -3.43. The molecule has 194 valence electrons. The van der Waals surface area contributed by atoms with E-state index < -0.39 is 17.9 Å². The van der Waals surface area contributed by atoms with E-state index in [4.69, 9.17) is 34.8 Å². The average molecular weight is 589 g/mol. The standard InChI is InChI=1S/C27H20Cl3N3O4S/c1-14(34)25-21(11-23(38-25)16-4-6-17(28)7-5-16)33-22(27(36)37)10-15-2-8-18(9-3-15)32-26(35)24-19(29)12-31-13-20(24)30/h2-9,11-13,22,33H,10H2,1H3,(H,32,35)(H,36,37). The number of carbonyl (C=O) groups excluding carboxylic acids is 2. The number of carboxylic acids is 1. The first-order valence-corrected chi connectivity index (χ1v) is 13.2. The summed E-state index contributed by atoms with van der Waals surface area (Å²) in [6.45, 7) is 1.44. The fourth-order valence-corrected chi connectivity index (χ4v) is 5.37. The Labute approximate surface area is 237 Å². The zero-order chi connectivity index (χ0) is 27.4. The number of hydrogen-bond donors (Lipinski definition) is 3. The minimum Gasteiger partial charge on any atom is -0.480 e. The number of benzene rings is 2. The quantitative estimate of drug-likeness (QED) is 0.177. The Kier molecular flexibility index (Phi) is 8.69. The molecule has 0 saturated heterocycles. The molecular formula is C27H20Cl3N3O4S. The molecular weight excluding hydrogens is 569 g/mol. The number of carboxylic acid groups (broad SMARTS) is 1. The van der Waals surface area contributed by atoms with Gasteiger partial charge in [0.05, 0.1) is 26.2 Å². The molecule has 0 aliphatic rings. The van der Waals surface area contributed by atoms with Crippen molar-refractivity contribution in [1.29, 1.82) is 0 Å². The van der Waals surface area contributed by atoms with Crippen LogP contribution < -0.4 is 10.6 Å². The van der Waals surface area contributed by atoms with Gasteiger partial charge in [-0.05, 0) is 41.5 Å². The fraction of sp³-hybridized carbons (Fsp3) is 0.111. The third kappa shape index (κ3) is 6.52. The van der Waals surface area contributed by atoms with Crippen molar-refractivity contribution in [1.82, 2.24) is 4.98 Å². The lowest BCUT2D eigenvalue weighted by atomic mass is 10.0. The first-order valence-electron chi connectivity index (χ1n) is 11.2. The van der Waals surface area contributed by atoms with Gasteiger partial charge in [0.2, 0.25) is 0 Å². The lowest BCUT2D eigenvalue weighted by molar-refractivity contribution is -0.137. The molecule has 11 heteroatoms. The summed E-state index contributed by atoms with van der Waals surface area (Å²) in [5.41, 5.74) is 2.62. The van der Waals surface area contributed by atoms with Crippen LogP contribution in [0, 0.1) is 0 Å². The van der Waals surface area contributed by atoms with Crippen molar-refractivity contribution in [3.63, 3.8) is 0 Å². The number of anilines is 2. The van der Waals surface area contributed by atoms with Gasteiger partial charge in [-0.25, -0.2) is 4.79 Å². The molecule has 0 fully saturated rings. The summed E-state index contributed by atoms with van der Waals surface area (Å²) in [4.78, 5) is 42.1. The van der Waals surface area contributed by atoms with E-state index in [0.717, 1.165) is 10.4 Å². The molecule has 38 heavy (non-hydrogen) atoms. The first kappa shape index (κ1) is 27.6. The molecule has 1 amide bonds. The fourth-order valence-electron chi connectivity index (χ4n) is 3.69. The molecule has 4 rings (SSSR count). The average Bonchev–Trinajstić information content (AvgIpc) is 3.29. The molecule has 1 unspecified atom stereocenters. The van der Waals surface area contributed by atoms with Gasteiger partial charge in [0.1, 0.15) is 6.04 Å². The molecule has 7 nitrogen and oxygen atoms in total. The number of aromatic nitrogens is 1. The van der Waals surface area contributed by atoms with Gasteiger partial charge in [-0.15, -0.1) is 11.3 Å². The van der Waals surface area contributed by atoms with E-state index in [9.17, 15) is 19.5 Å². The van der Waals surface area contributed by atoms with Crippen molar-refractivity contribution in [3.05, 3.63) is 98.1 Å². The van der Waals surface area contributed by atoms with Crippen molar-refractivity contribution in [2.24, 2.45) is 0 Å². The van der Waals surface area contributed by atoms with Crippen molar-refractivity contribution >= 4 is 75.2 Å². The predicted octanol–water partition coefficient (Wildman–Crippen LogP) is 7.33. The molecule has 0 aliphatic heterocycles. The summed E-state index contributed by atoms with van der Waals surface area (Å²) in [5, 5.41) is 16.5. The van der Waals surface area contributed by atoms with Gasteiger partial charge in [-0.1, -0.05) is 59.1 Å². The number of rotatable bonds is 9. The molecule has 2 aromatic carbocycles. The third-order valence-electron chi connectivity index (χ3n) is 5.54. The van der Waals surface area contributed by atoms with Crippen LogP contribution in [0.3, 0.4) is 0 Å². The zero-order valence-corrected chi connectivity index (χ0v) is 22.9. The highest BCUT2D eigenvalue weighted by atomic mass is 35.5. The van der Waals surface area contributed by atoms with E-state index in [-0.39, 0.29) is 27.8 Å². The molecule has 1 atom stereocenters. The van der Waals surface area contributed by atoms with Crippen LogP contribution in [0.4, 0.5) is 11.4 Å². The van der Waals surface area contributed by atoms with Crippen LogP contribution in [0.5, 0.6) is 0 Å². The Morgan fingerprint density at radius 2 is 1.61 bits per heavy atom. The van der Waals surface area contributed by atoms with E-state index in [1.807, 2.05) is 12.1 Å². The lowest BCUT2D eigenvalue weighted by Crippen LogP contribution is -2.31. The number of amides is 1. The number of nitrogens with one attached hydrogen (secondary N) is 2. The number of aliphatic carboxylic acids is 1. The highest BCUT2D eigenvalue weighted by Gasteiger charge is 2.23. The van der Waals surface area contributed by atoms with Crippen molar-refractivity contribution in [3.8, 4) is 10.4 Å². The van der Waals surface area contributed by atoms with Gasteiger partial charge in [0.15, 0.2) is 5.78 Å². The van der Waals surface area contributed by atoms with Crippen LogP contribution in [0.15, 0.2) is 67.0 Å². The van der Waals surface area contributed by atoms with Crippen LogP contribution in [0.25, 0.3) is 10.4 Å². The second-order valence-electron chi connectivity index (χ2n) is 8.29. The van der Waals surface area contributed by atoms with E-state index in [1.165, 1.54) is 30.7 Å². The first-order chi connectivity index (χ1) is 18.1. The Balaban J connectivity index is 1.49. The maximum atomic E-state index is 12.6. The van der Waals surface area contributed by atoms with Gasteiger partial charge in [-0.3, -0.25) is 14.6 Å². The number of carbonyl (C=O) groups is 3. The SMILES string of the molecule is CC(=O)c1sc(-c2ccc(Cl)cc2)cc1NC(Cc1ccc(NC(=O)c2c(Cl)cncc2Cl)cc1)C(=O)O. The zero-order valence-electron chi connectivity index (χ0n) is 19.8. The summed E-state index contributed by atoms with van der Waals surface area (Å²) < 4.78 is 0. The summed E-state index contributed by atoms with van der Waals surface area (Å²) in [5.74, 6) is -1.74. The molecule has 0 radical (unpaired) electrons. The number of pyridine rings is 1. The second kappa shape index (κ2) is 12.0. The number of nitrogens with zero attached hydrogens (tertiary/aromatic N) is 1. The highest BCUT2D eigenvalue weighted by Crippen LogP contribution is 2.36. The van der Waals surface area contributed by atoms with Crippen LogP contribution in [-0.4, -0.2) is 33.8 Å². The van der Waals surface area contributed by atoms with E-state index in [0.29, 0.717) is 26.8 Å². The van der Waals surface area contributed by atoms with Gasteiger partial charge in [0.25, 0.3) is 5.91 Å². The van der Waals surface area contributed by atoms with Crippen molar-refractivity contribution < 1.29 is 19.5 Å². The number of Topliss-reactive ketones (excluding diaryl/α,β-unsaturated/α-hetero) is 1. The molecule has 0 spiro atoms. The van der Waals surface area contributed by atoms with Crippen molar-refractivity contribution in [2.75, 3.05) is 10.6 Å². The second-order valence-corrected chi connectivity index (χ2v) is 10.6. The van der Waals surface area contributed by atoms with E-state index >= 15 is 0 Å². The Morgan fingerprint density at radius 3 is 2.18 bits per heavy atom. The predicted molar refractivity (Wildman–Crippen MR) is 152 cm³/mol. The molecule has 2 aromatic heterocycles. The molecule has 3 N–H and O–H groups in total. The van der Waals surface area contributed by atoms with E-state index in [1.54, 1.807) is 42.5 Å². The highest BCUT2D eigenvalue weighted by molar-refractivity contribution is 7.18. The molecule has 0 bridgehead atoms. The molecule has 0 saturated carbocycles. The van der Waals surface area contributed by atoms with Crippen LogP contribution in [-0.2, 0) is 11.2 Å². The maximum absolute atomic E-state index is 12.6. The number of ketones is 1. The summed E-state index contributed by atoms with van der Waals surface area (Å²) in [6, 6.07) is 14.7. The topological polar surface area (TPSA) is 108 Å². The van der Waals surface area contributed by atoms with Gasteiger partial charge < -0.3 is 15.7 Å². The monoisotopic (exact) mass is 587 g/mol. The minimum atomic E-state index is -1.07. The lowest BCUT2D eigenvalue weighted by Gasteiger charge is -2.16. The third-order valence-corrected chi connectivity index (χ3v) is 7.65. The Morgan fingerprint density at radius 1 is 0.974 bits per heavy atom. The van der Waals surface area contributed by atoms with Gasteiger partial charge >= 0.3 is 5.97 Å². The Bertz CT molecular complexity index is 1480. The number of hydrogen-bond acceptors (Lipinski definition) is 6. The summed E-state index contributed by atoms with van der Waals surface area (Å²) in [6.07, 6.45) is 2.79. The molecule has 2 heterocycles. The van der Waals surface area contributed by atoms with Gasteiger partial charge in [-0.2, -0.15) is 0 Å². The minimum absolute atomic E-state index is 0.109. The van der Waals surface area contributed by atoms with Crippen LogP contribution in [0.1, 0.15) is 32.5 Å². The smallest absolute Gasteiger partial charge is 0.326 e. The summed E-state index contributed by atoms with van der Waals surface area (Å²) in [7, 11) is 0. The molecule has 0 aliphatic carbocycles. The number of halogens is 3. The van der Waals surface area contributed by atoms with E-state index in [2.05, 4.69) is 15.6 Å². The van der Waals surface area contributed by atoms with Crippen LogP contribution in [0.2, 0.25) is 15.1 Å². The van der Waals surface area contributed by atoms with Gasteiger partial charge in [0, 0.05) is 41.3 Å².